The molecule has 0 unspecified atom stereocenters. The van der Waals surface area contributed by atoms with Crippen molar-refractivity contribution < 1.29 is 9.21 Å². The van der Waals surface area contributed by atoms with E-state index in [1.165, 1.54) is 23.1 Å². The number of carbonyl (C=O) groups is 1. The highest BCUT2D eigenvalue weighted by molar-refractivity contribution is 8.00. The summed E-state index contributed by atoms with van der Waals surface area (Å²) in [5.74, 6) is 0. The van der Waals surface area contributed by atoms with Crippen LogP contribution in [-0.2, 0) is 0 Å². The van der Waals surface area contributed by atoms with Crippen LogP contribution in [-0.4, -0.2) is 16.3 Å². The van der Waals surface area contributed by atoms with Gasteiger partial charge in [-0.3, -0.25) is 4.79 Å². The van der Waals surface area contributed by atoms with Crippen LogP contribution in [0, 0.1) is 6.92 Å². The van der Waals surface area contributed by atoms with Crippen molar-refractivity contribution in [3.8, 4) is 0 Å². The van der Waals surface area contributed by atoms with Gasteiger partial charge in [0, 0.05) is 11.8 Å². The average Bonchev–Trinajstić information content (AvgIpc) is 2.73. The predicted molar refractivity (Wildman–Crippen MR) is 57.9 cm³/mol. The molecule has 0 saturated carbocycles. The van der Waals surface area contributed by atoms with Crippen molar-refractivity contribution in [1.82, 2.24) is 9.97 Å². The first-order chi connectivity index (χ1) is 7.19. The molecule has 0 bridgehead atoms. The summed E-state index contributed by atoms with van der Waals surface area (Å²) in [7, 11) is 0. The molecule has 2 aromatic rings. The van der Waals surface area contributed by atoms with Gasteiger partial charge in [0.1, 0.15) is 11.1 Å². The fraction of sp³-hybridized carbons (Fsp3) is 0.125. The second-order valence-corrected chi connectivity index (χ2v) is 5.20. The quantitative estimate of drug-likeness (QED) is 0.794. The minimum atomic E-state index is 0.223. The van der Waals surface area contributed by atoms with E-state index in [1.807, 2.05) is 6.92 Å². The third-order valence-corrected chi connectivity index (χ3v) is 3.77. The Labute approximate surface area is 98.7 Å². The molecular formula is C8H5ClN2O2S2. The van der Waals surface area contributed by atoms with Gasteiger partial charge in [-0.2, -0.15) is 0 Å². The summed E-state index contributed by atoms with van der Waals surface area (Å²) >= 11 is 8.18. The van der Waals surface area contributed by atoms with Crippen LogP contribution < -0.4 is 0 Å². The zero-order valence-corrected chi connectivity index (χ0v) is 9.95. The van der Waals surface area contributed by atoms with Crippen LogP contribution in [0.25, 0.3) is 0 Å². The molecule has 15 heavy (non-hydrogen) atoms. The van der Waals surface area contributed by atoms with Crippen LogP contribution >= 0.6 is 34.7 Å². The Balaban J connectivity index is 2.20. The van der Waals surface area contributed by atoms with Gasteiger partial charge in [-0.25, -0.2) is 9.97 Å². The Morgan fingerprint density at radius 2 is 2.40 bits per heavy atom. The second kappa shape index (κ2) is 4.34. The smallest absolute Gasteiger partial charge is 0.263 e. The molecule has 78 valence electrons. The van der Waals surface area contributed by atoms with Crippen molar-refractivity contribution in [2.24, 2.45) is 0 Å². The van der Waals surface area contributed by atoms with Crippen LogP contribution in [0.1, 0.15) is 15.4 Å². The molecule has 0 amide bonds. The van der Waals surface area contributed by atoms with Gasteiger partial charge in [0.25, 0.3) is 5.22 Å². The lowest BCUT2D eigenvalue weighted by atomic mass is 10.6. The Morgan fingerprint density at radius 1 is 1.60 bits per heavy atom. The number of carbonyl (C=O) groups excluding carboxylic acids is 1. The maximum absolute atomic E-state index is 10.5. The normalized spacial score (nSPS) is 10.5. The molecule has 0 atom stereocenters. The van der Waals surface area contributed by atoms with Crippen LogP contribution in [0.2, 0.25) is 5.15 Å². The van der Waals surface area contributed by atoms with E-state index in [1.54, 1.807) is 6.26 Å². The summed E-state index contributed by atoms with van der Waals surface area (Å²) in [6.45, 7) is 1.83. The number of aldehydes is 1. The highest BCUT2D eigenvalue weighted by Crippen LogP contribution is 2.33. The Hall–Kier alpha value is -0.850. The number of aromatic nitrogens is 2. The summed E-state index contributed by atoms with van der Waals surface area (Å²) in [5, 5.41) is 0.719. The fourth-order valence-electron chi connectivity index (χ4n) is 0.865. The molecule has 0 aromatic carbocycles. The molecule has 0 saturated heterocycles. The minimum absolute atomic E-state index is 0.223. The molecule has 0 spiro atoms. The number of oxazole rings is 1. The van der Waals surface area contributed by atoms with E-state index in [2.05, 4.69) is 9.97 Å². The topological polar surface area (TPSA) is 56.0 Å². The van der Waals surface area contributed by atoms with Gasteiger partial charge in [-0.15, -0.1) is 11.3 Å². The third-order valence-electron chi connectivity index (χ3n) is 1.47. The van der Waals surface area contributed by atoms with Gasteiger partial charge < -0.3 is 4.42 Å². The lowest BCUT2D eigenvalue weighted by molar-refractivity contribution is 0.112. The molecule has 2 rings (SSSR count). The number of hydrogen-bond acceptors (Lipinski definition) is 6. The molecular weight excluding hydrogens is 256 g/mol. The summed E-state index contributed by atoms with van der Waals surface area (Å²) < 4.78 is 5.78. The summed E-state index contributed by atoms with van der Waals surface area (Å²) in [6.07, 6.45) is 2.24. The number of hydrogen-bond donors (Lipinski definition) is 0. The maximum atomic E-state index is 10.5. The monoisotopic (exact) mass is 260 g/mol. The maximum Gasteiger partial charge on any atom is 0.263 e. The van der Waals surface area contributed by atoms with Crippen LogP contribution in [0.3, 0.4) is 0 Å². The van der Waals surface area contributed by atoms with Crippen molar-refractivity contribution in [2.75, 3.05) is 0 Å². The van der Waals surface area contributed by atoms with Crippen molar-refractivity contribution in [3.63, 3.8) is 0 Å². The van der Waals surface area contributed by atoms with Crippen molar-refractivity contribution in [1.29, 1.82) is 0 Å². The van der Waals surface area contributed by atoms with E-state index in [-0.39, 0.29) is 5.15 Å². The van der Waals surface area contributed by atoms with Crippen molar-refractivity contribution >= 4 is 41.0 Å². The van der Waals surface area contributed by atoms with Crippen LogP contribution in [0.5, 0.6) is 0 Å². The van der Waals surface area contributed by atoms with Gasteiger partial charge >= 0.3 is 0 Å². The summed E-state index contributed by atoms with van der Waals surface area (Å²) in [5.41, 5.74) is 0.802. The first-order valence-electron chi connectivity index (χ1n) is 3.90. The Kier molecular flexibility index (Phi) is 3.08. The molecule has 2 aromatic heterocycles. The van der Waals surface area contributed by atoms with E-state index in [9.17, 15) is 4.79 Å². The third kappa shape index (κ3) is 2.39. The SMILES string of the molecule is Cc1coc(Sc2nc(Cl)c(C=O)s2)n1. The average molecular weight is 261 g/mol. The number of thiazole rings is 1. The number of aryl methyl sites for hydroxylation is 1. The molecule has 0 aliphatic rings. The van der Waals surface area contributed by atoms with Crippen molar-refractivity contribution in [2.45, 2.75) is 16.5 Å². The highest BCUT2D eigenvalue weighted by Gasteiger charge is 2.12. The van der Waals surface area contributed by atoms with Gasteiger partial charge in [0.2, 0.25) is 0 Å². The number of rotatable bonds is 3. The number of halogens is 1. The van der Waals surface area contributed by atoms with E-state index in [0.29, 0.717) is 20.7 Å². The second-order valence-electron chi connectivity index (χ2n) is 2.61. The zero-order valence-electron chi connectivity index (χ0n) is 7.56. The largest absolute Gasteiger partial charge is 0.439 e. The summed E-state index contributed by atoms with van der Waals surface area (Å²) in [4.78, 5) is 19.1. The predicted octanol–water partition coefficient (Wildman–Crippen LogP) is 3.06. The minimum Gasteiger partial charge on any atom is -0.439 e. The van der Waals surface area contributed by atoms with Gasteiger partial charge in [-0.05, 0) is 6.92 Å². The van der Waals surface area contributed by atoms with E-state index < -0.39 is 0 Å². The molecule has 0 aliphatic heterocycles. The van der Waals surface area contributed by atoms with Crippen LogP contribution in [0.4, 0.5) is 0 Å². The Morgan fingerprint density at radius 3 is 2.93 bits per heavy atom. The number of nitrogens with zero attached hydrogens (tertiary/aromatic N) is 2. The lowest BCUT2D eigenvalue weighted by Crippen LogP contribution is -1.72. The first kappa shape index (κ1) is 10.7. The lowest BCUT2D eigenvalue weighted by Gasteiger charge is -1.86. The standard InChI is InChI=1S/C8H5ClN2O2S2/c1-4-3-13-7(10-4)15-8-11-6(9)5(2-12)14-8/h2-3H,1H3. The van der Waals surface area contributed by atoms with Gasteiger partial charge in [0.15, 0.2) is 15.8 Å². The molecule has 0 radical (unpaired) electrons. The molecule has 7 heteroatoms. The molecule has 4 nitrogen and oxygen atoms in total. The fourth-order valence-corrected chi connectivity index (χ4v) is 2.93. The summed E-state index contributed by atoms with van der Waals surface area (Å²) in [6, 6.07) is 0. The van der Waals surface area contributed by atoms with E-state index >= 15 is 0 Å². The molecule has 0 fully saturated rings. The van der Waals surface area contributed by atoms with Gasteiger partial charge in [0.05, 0.1) is 5.69 Å². The van der Waals surface area contributed by atoms with E-state index in [4.69, 9.17) is 16.0 Å². The molecule has 0 aliphatic carbocycles. The first-order valence-corrected chi connectivity index (χ1v) is 5.91. The zero-order chi connectivity index (χ0) is 10.8. The highest BCUT2D eigenvalue weighted by atomic mass is 35.5. The van der Waals surface area contributed by atoms with Gasteiger partial charge in [-0.1, -0.05) is 11.6 Å². The van der Waals surface area contributed by atoms with Crippen LogP contribution in [0.15, 0.2) is 20.2 Å². The molecule has 0 N–H and O–H groups in total. The van der Waals surface area contributed by atoms with E-state index in [0.717, 1.165) is 5.69 Å². The Bertz CT molecular complexity index is 495. The van der Waals surface area contributed by atoms with Crippen molar-refractivity contribution in [3.05, 3.63) is 22.0 Å². The molecule has 2 heterocycles.